The fourth-order valence-corrected chi connectivity index (χ4v) is 5.00. The van der Waals surface area contributed by atoms with Gasteiger partial charge in [-0.2, -0.15) is 4.31 Å². The number of fused-ring (bicyclic) bond motifs is 1. The van der Waals surface area contributed by atoms with Crippen LogP contribution in [0.3, 0.4) is 0 Å². The number of likely N-dealkylation sites (N-methyl/N-ethyl adjacent to an activating group) is 1. The Bertz CT molecular complexity index is 1350. The SMILES string of the molecule is CC(C(=O)NC(C)(C)C)N(Cc1ccc(Cl)cc1)C(=O)CN(C)S(=O)(=O)c1ccc2ccccc2c1. The van der Waals surface area contributed by atoms with E-state index in [1.807, 2.05) is 45.0 Å². The van der Waals surface area contributed by atoms with Crippen molar-refractivity contribution in [2.24, 2.45) is 0 Å². The number of carbonyl (C=O) groups excluding carboxylic acids is 2. The van der Waals surface area contributed by atoms with Gasteiger partial charge < -0.3 is 10.2 Å². The minimum absolute atomic E-state index is 0.0966. The van der Waals surface area contributed by atoms with Crippen molar-refractivity contribution in [3.63, 3.8) is 0 Å². The van der Waals surface area contributed by atoms with Gasteiger partial charge in [-0.3, -0.25) is 9.59 Å². The van der Waals surface area contributed by atoms with Crippen LogP contribution in [-0.2, 0) is 26.2 Å². The molecule has 0 aromatic heterocycles. The molecule has 0 spiro atoms. The Morgan fingerprint density at radius 2 is 1.58 bits per heavy atom. The zero-order chi connectivity index (χ0) is 26.7. The summed E-state index contributed by atoms with van der Waals surface area (Å²) in [6, 6.07) is 18.4. The smallest absolute Gasteiger partial charge is 0.243 e. The number of carbonyl (C=O) groups is 2. The maximum absolute atomic E-state index is 13.4. The van der Waals surface area contributed by atoms with E-state index in [0.29, 0.717) is 5.02 Å². The standard InChI is InChI=1S/C27H32ClN3O4S/c1-19(26(33)29-27(2,3)4)31(17-20-10-13-23(28)14-11-20)25(32)18-30(5)36(34,35)24-15-12-21-8-6-7-9-22(21)16-24/h6-16,19H,17-18H2,1-5H3,(H,29,33). The number of nitrogens with zero attached hydrogens (tertiary/aromatic N) is 2. The second-order valence-electron chi connectivity index (χ2n) is 9.83. The third-order valence-electron chi connectivity index (χ3n) is 5.72. The van der Waals surface area contributed by atoms with E-state index < -0.39 is 34.1 Å². The summed E-state index contributed by atoms with van der Waals surface area (Å²) in [7, 11) is -2.58. The molecule has 0 saturated heterocycles. The average Bonchev–Trinajstić information content (AvgIpc) is 2.81. The quantitative estimate of drug-likeness (QED) is 0.467. The van der Waals surface area contributed by atoms with Crippen molar-refractivity contribution in [3.05, 3.63) is 77.3 Å². The summed E-state index contributed by atoms with van der Waals surface area (Å²) in [6.45, 7) is 6.90. The molecule has 1 atom stereocenters. The molecule has 192 valence electrons. The molecule has 0 bridgehead atoms. The van der Waals surface area contributed by atoms with Crippen LogP contribution in [0.4, 0.5) is 0 Å². The molecule has 0 aliphatic rings. The van der Waals surface area contributed by atoms with Crippen molar-refractivity contribution in [3.8, 4) is 0 Å². The van der Waals surface area contributed by atoms with Crippen molar-refractivity contribution in [1.82, 2.24) is 14.5 Å². The number of hydrogen-bond acceptors (Lipinski definition) is 4. The highest BCUT2D eigenvalue weighted by molar-refractivity contribution is 7.89. The Labute approximate surface area is 218 Å². The molecule has 0 saturated carbocycles. The zero-order valence-electron chi connectivity index (χ0n) is 21.2. The van der Waals surface area contributed by atoms with Crippen LogP contribution < -0.4 is 5.32 Å². The van der Waals surface area contributed by atoms with Crippen molar-refractivity contribution >= 4 is 44.2 Å². The number of sulfonamides is 1. The van der Waals surface area contributed by atoms with Crippen LogP contribution in [0.5, 0.6) is 0 Å². The molecule has 9 heteroatoms. The highest BCUT2D eigenvalue weighted by Gasteiger charge is 2.31. The Balaban J connectivity index is 1.85. The molecule has 3 rings (SSSR count). The molecule has 1 N–H and O–H groups in total. The van der Waals surface area contributed by atoms with Crippen molar-refractivity contribution in [2.75, 3.05) is 13.6 Å². The molecule has 2 amide bonds. The summed E-state index contributed by atoms with van der Waals surface area (Å²) in [6.07, 6.45) is 0. The largest absolute Gasteiger partial charge is 0.350 e. The molecule has 0 aliphatic carbocycles. The summed E-state index contributed by atoms with van der Waals surface area (Å²) < 4.78 is 27.6. The summed E-state index contributed by atoms with van der Waals surface area (Å²) in [5.74, 6) is -0.821. The van der Waals surface area contributed by atoms with Crippen LogP contribution in [0.15, 0.2) is 71.6 Å². The maximum atomic E-state index is 13.4. The molecule has 0 heterocycles. The van der Waals surface area contributed by atoms with Gasteiger partial charge in [-0.25, -0.2) is 8.42 Å². The lowest BCUT2D eigenvalue weighted by Crippen LogP contribution is -2.54. The van der Waals surface area contributed by atoms with Crippen LogP contribution >= 0.6 is 11.6 Å². The van der Waals surface area contributed by atoms with E-state index >= 15 is 0 Å². The number of rotatable bonds is 8. The maximum Gasteiger partial charge on any atom is 0.243 e. The molecule has 0 fully saturated rings. The van der Waals surface area contributed by atoms with Crippen molar-refractivity contribution < 1.29 is 18.0 Å². The van der Waals surface area contributed by atoms with E-state index in [1.54, 1.807) is 43.3 Å². The van der Waals surface area contributed by atoms with Gasteiger partial charge in [0.2, 0.25) is 21.8 Å². The van der Waals surface area contributed by atoms with Gasteiger partial charge in [-0.1, -0.05) is 54.1 Å². The third kappa shape index (κ3) is 6.84. The topological polar surface area (TPSA) is 86.8 Å². The number of nitrogens with one attached hydrogen (secondary N) is 1. The number of hydrogen-bond donors (Lipinski definition) is 1. The Morgan fingerprint density at radius 1 is 0.972 bits per heavy atom. The van der Waals surface area contributed by atoms with Gasteiger partial charge in [0.05, 0.1) is 11.4 Å². The van der Waals surface area contributed by atoms with E-state index in [0.717, 1.165) is 20.6 Å². The minimum atomic E-state index is -3.94. The van der Waals surface area contributed by atoms with Crippen LogP contribution in [0.1, 0.15) is 33.3 Å². The second-order valence-corrected chi connectivity index (χ2v) is 12.3. The van der Waals surface area contributed by atoms with Crippen LogP contribution in [0, 0.1) is 0 Å². The lowest BCUT2D eigenvalue weighted by Gasteiger charge is -2.32. The predicted molar refractivity (Wildman–Crippen MR) is 143 cm³/mol. The van der Waals surface area contributed by atoms with Crippen LogP contribution in [0.2, 0.25) is 5.02 Å². The number of halogens is 1. The summed E-state index contributed by atoms with van der Waals surface area (Å²) in [5, 5.41) is 5.15. The van der Waals surface area contributed by atoms with E-state index in [9.17, 15) is 18.0 Å². The number of amides is 2. The van der Waals surface area contributed by atoms with Crippen LogP contribution in [-0.4, -0.2) is 54.6 Å². The highest BCUT2D eigenvalue weighted by atomic mass is 35.5. The highest BCUT2D eigenvalue weighted by Crippen LogP contribution is 2.22. The van der Waals surface area contributed by atoms with Gasteiger partial charge in [0.1, 0.15) is 6.04 Å². The molecule has 7 nitrogen and oxygen atoms in total. The molecule has 3 aromatic rings. The Morgan fingerprint density at radius 3 is 2.19 bits per heavy atom. The molecule has 36 heavy (non-hydrogen) atoms. The van der Waals surface area contributed by atoms with Gasteiger partial charge in [0, 0.05) is 24.2 Å². The first kappa shape index (κ1) is 27.6. The fourth-order valence-electron chi connectivity index (χ4n) is 3.72. The Kier molecular flexibility index (Phi) is 8.44. The second kappa shape index (κ2) is 11.0. The summed E-state index contributed by atoms with van der Waals surface area (Å²) >= 11 is 5.99. The summed E-state index contributed by atoms with van der Waals surface area (Å²) in [4.78, 5) is 27.8. The van der Waals surface area contributed by atoms with Crippen molar-refractivity contribution in [2.45, 2.75) is 50.7 Å². The van der Waals surface area contributed by atoms with E-state index in [2.05, 4.69) is 5.32 Å². The lowest BCUT2D eigenvalue weighted by atomic mass is 10.1. The molecule has 1 unspecified atom stereocenters. The molecule has 3 aromatic carbocycles. The molecule has 0 aliphatic heterocycles. The van der Waals surface area contributed by atoms with Gasteiger partial charge >= 0.3 is 0 Å². The van der Waals surface area contributed by atoms with Gasteiger partial charge in [0.15, 0.2) is 0 Å². The lowest BCUT2D eigenvalue weighted by molar-refractivity contribution is -0.141. The number of benzene rings is 3. The van der Waals surface area contributed by atoms with Gasteiger partial charge in [0.25, 0.3) is 0 Å². The fraction of sp³-hybridized carbons (Fsp3) is 0.333. The Hall–Kier alpha value is -2.94. The van der Waals surface area contributed by atoms with Gasteiger partial charge in [-0.15, -0.1) is 0 Å². The predicted octanol–water partition coefficient (Wildman–Crippen LogP) is 4.45. The third-order valence-corrected chi connectivity index (χ3v) is 7.77. The molecular formula is C27H32ClN3O4S. The zero-order valence-corrected chi connectivity index (χ0v) is 22.7. The minimum Gasteiger partial charge on any atom is -0.350 e. The first-order chi connectivity index (χ1) is 16.8. The van der Waals surface area contributed by atoms with E-state index in [4.69, 9.17) is 11.6 Å². The first-order valence-corrected chi connectivity index (χ1v) is 13.4. The van der Waals surface area contributed by atoms with E-state index in [1.165, 1.54) is 18.0 Å². The van der Waals surface area contributed by atoms with Gasteiger partial charge in [-0.05, 0) is 68.3 Å². The van der Waals surface area contributed by atoms with Crippen LogP contribution in [0.25, 0.3) is 10.8 Å². The molecular weight excluding hydrogens is 498 g/mol. The van der Waals surface area contributed by atoms with Crippen molar-refractivity contribution in [1.29, 1.82) is 0 Å². The monoisotopic (exact) mass is 529 g/mol. The van der Waals surface area contributed by atoms with E-state index in [-0.39, 0.29) is 17.3 Å². The summed E-state index contributed by atoms with van der Waals surface area (Å²) in [5.41, 5.74) is 0.277. The first-order valence-electron chi connectivity index (χ1n) is 11.6. The average molecular weight is 530 g/mol. The normalized spacial score (nSPS) is 13.0. The molecule has 0 radical (unpaired) electrons.